The van der Waals surface area contributed by atoms with Crippen LogP contribution in [0, 0.1) is 13.5 Å². The number of rotatable bonds is 4. The smallest absolute Gasteiger partial charge is 0.437 e. The number of amides is 2. The maximum absolute atomic E-state index is 12.5. The van der Waals surface area contributed by atoms with Gasteiger partial charge in [-0.25, -0.2) is 9.64 Å². The Morgan fingerprint density at radius 2 is 2.00 bits per heavy atom. The van der Waals surface area contributed by atoms with Crippen LogP contribution in [0.5, 0.6) is 5.75 Å². The summed E-state index contributed by atoms with van der Waals surface area (Å²) in [6.07, 6.45) is -0.933. The molecule has 1 aromatic rings. The van der Waals surface area contributed by atoms with Crippen LogP contribution in [0.2, 0.25) is 0 Å². The highest BCUT2D eigenvalue weighted by molar-refractivity contribution is 6.09. The van der Waals surface area contributed by atoms with Crippen LogP contribution < -0.4 is 15.8 Å². The van der Waals surface area contributed by atoms with Gasteiger partial charge in [-0.15, -0.1) is 4.99 Å². The van der Waals surface area contributed by atoms with Gasteiger partial charge in [-0.05, 0) is 39.3 Å². The molecule has 1 aromatic carbocycles. The minimum absolute atomic E-state index is 0.0848. The number of guanidine groups is 1. The van der Waals surface area contributed by atoms with Crippen LogP contribution in [-0.2, 0) is 9.47 Å². The zero-order chi connectivity index (χ0) is 19.9. The second-order valence-corrected chi connectivity index (χ2v) is 6.18. The fourth-order valence-electron chi connectivity index (χ4n) is 1.91. The van der Waals surface area contributed by atoms with Crippen molar-refractivity contribution in [2.45, 2.75) is 33.3 Å². The summed E-state index contributed by atoms with van der Waals surface area (Å²) in [5.74, 6) is -0.905. The molecule has 0 heterocycles. The van der Waals surface area contributed by atoms with Gasteiger partial charge in [-0.2, -0.15) is 0 Å². The van der Waals surface area contributed by atoms with Gasteiger partial charge >= 0.3 is 6.09 Å². The van der Waals surface area contributed by atoms with Crippen molar-refractivity contribution in [3.63, 3.8) is 0 Å². The fourth-order valence-corrected chi connectivity index (χ4v) is 1.91. The lowest BCUT2D eigenvalue weighted by atomic mass is 10.0. The molecule has 0 aromatic heterocycles. The number of nitrogens with two attached hydrogens (primary N) is 1. The third kappa shape index (κ3) is 6.07. The van der Waals surface area contributed by atoms with Crippen molar-refractivity contribution in [3.05, 3.63) is 34.7 Å². The van der Waals surface area contributed by atoms with Gasteiger partial charge in [0.2, 0.25) is 5.96 Å². The molecule has 0 radical (unpaired) electrons. The van der Waals surface area contributed by atoms with E-state index in [0.717, 1.165) is 0 Å². The second-order valence-electron chi connectivity index (χ2n) is 6.18. The monoisotopic (exact) mass is 362 g/mol. The minimum atomic E-state index is -0.933. The van der Waals surface area contributed by atoms with Crippen LogP contribution in [0.25, 0.3) is 4.85 Å². The van der Waals surface area contributed by atoms with E-state index in [1.165, 1.54) is 19.2 Å². The highest BCUT2D eigenvalue weighted by atomic mass is 16.7. The molecule has 0 unspecified atom stereocenters. The van der Waals surface area contributed by atoms with Crippen LogP contribution in [0.4, 0.5) is 10.5 Å². The topological polar surface area (TPSA) is 117 Å². The molecule has 0 atom stereocenters. The molecule has 0 aliphatic rings. The molecule has 1 rings (SSSR count). The van der Waals surface area contributed by atoms with Gasteiger partial charge in [0.25, 0.3) is 5.91 Å². The number of methoxy groups -OCH3 is 1. The van der Waals surface area contributed by atoms with E-state index in [0.29, 0.717) is 5.56 Å². The van der Waals surface area contributed by atoms with Gasteiger partial charge in [-0.1, -0.05) is 6.07 Å². The molecule has 0 aliphatic heterocycles. The maximum Gasteiger partial charge on any atom is 0.437 e. The number of benzene rings is 1. The molecule has 0 aliphatic carbocycles. The lowest BCUT2D eigenvalue weighted by Crippen LogP contribution is -2.38. The summed E-state index contributed by atoms with van der Waals surface area (Å²) in [6.45, 7) is 13.7. The summed E-state index contributed by atoms with van der Waals surface area (Å²) < 4.78 is 15.2. The summed E-state index contributed by atoms with van der Waals surface area (Å²) in [7, 11) is 1.44. The molecule has 0 fully saturated rings. The van der Waals surface area contributed by atoms with Crippen LogP contribution in [0.15, 0.2) is 17.1 Å². The highest BCUT2D eigenvalue weighted by Crippen LogP contribution is 2.30. The average molecular weight is 362 g/mol. The Bertz CT molecular complexity index is 760. The van der Waals surface area contributed by atoms with E-state index in [4.69, 9.17) is 26.5 Å². The standard InChI is InChI=1S/C17H22N4O5/c1-10-11(19-5)7-8-12(25-9-24-6)13(10)14(22)20-15(18)21-16(23)26-17(2,3)4/h7-8H,9H2,1-4,6H3,(H3,18,20,21,22,23). The Kier molecular flexibility index (Phi) is 7.10. The lowest BCUT2D eigenvalue weighted by Gasteiger charge is -2.17. The quantitative estimate of drug-likeness (QED) is 0.368. The van der Waals surface area contributed by atoms with Gasteiger partial charge < -0.3 is 19.9 Å². The van der Waals surface area contributed by atoms with E-state index in [1.807, 2.05) is 0 Å². The van der Waals surface area contributed by atoms with Crippen LogP contribution >= 0.6 is 0 Å². The minimum Gasteiger partial charge on any atom is -0.467 e. The van der Waals surface area contributed by atoms with Crippen molar-refractivity contribution in [1.29, 1.82) is 0 Å². The first kappa shape index (κ1) is 20.9. The predicted molar refractivity (Wildman–Crippen MR) is 95.3 cm³/mol. The lowest BCUT2D eigenvalue weighted by molar-refractivity contribution is 0.0501. The average Bonchev–Trinajstić information content (AvgIpc) is 2.50. The summed E-state index contributed by atoms with van der Waals surface area (Å²) in [4.78, 5) is 31.0. The van der Waals surface area contributed by atoms with Crippen molar-refractivity contribution >= 4 is 23.6 Å². The number of carbonyl (C=O) groups is 2. The molecular weight excluding hydrogens is 340 g/mol. The van der Waals surface area contributed by atoms with E-state index in [-0.39, 0.29) is 23.8 Å². The number of nitrogens with one attached hydrogen (secondary N) is 1. The Labute approximate surface area is 151 Å². The molecule has 0 bridgehead atoms. The highest BCUT2D eigenvalue weighted by Gasteiger charge is 2.20. The number of aliphatic imine (C=N–C) groups is 1. The van der Waals surface area contributed by atoms with Crippen LogP contribution in [0.3, 0.4) is 0 Å². The second kappa shape index (κ2) is 8.82. The zero-order valence-electron chi connectivity index (χ0n) is 15.4. The molecule has 2 amide bonds. The van der Waals surface area contributed by atoms with E-state index in [9.17, 15) is 9.59 Å². The maximum atomic E-state index is 12.5. The van der Waals surface area contributed by atoms with Gasteiger partial charge in [0.15, 0.2) is 12.5 Å². The third-order valence-corrected chi connectivity index (χ3v) is 2.92. The third-order valence-electron chi connectivity index (χ3n) is 2.92. The molecule has 0 saturated carbocycles. The Morgan fingerprint density at radius 3 is 2.54 bits per heavy atom. The van der Waals surface area contributed by atoms with Crippen molar-refractivity contribution in [3.8, 4) is 5.75 Å². The largest absolute Gasteiger partial charge is 0.467 e. The summed E-state index contributed by atoms with van der Waals surface area (Å²) in [6, 6.07) is 3.01. The van der Waals surface area contributed by atoms with E-state index in [1.54, 1.807) is 27.7 Å². The SMILES string of the molecule is [C-]#[N+]c1ccc(OCOC)c(C(=O)NC(N)=NC(=O)OC(C)(C)C)c1C. The summed E-state index contributed by atoms with van der Waals surface area (Å²) in [5.41, 5.74) is 5.62. The molecule has 0 spiro atoms. The number of hydrogen-bond donors (Lipinski definition) is 2. The molecule has 9 heteroatoms. The van der Waals surface area contributed by atoms with Crippen LogP contribution in [0.1, 0.15) is 36.7 Å². The fraction of sp³-hybridized carbons (Fsp3) is 0.412. The normalized spacial score (nSPS) is 11.5. The van der Waals surface area contributed by atoms with Crippen molar-refractivity contribution in [1.82, 2.24) is 5.32 Å². The van der Waals surface area contributed by atoms with Crippen molar-refractivity contribution in [2.75, 3.05) is 13.9 Å². The Balaban J connectivity index is 3.08. The van der Waals surface area contributed by atoms with Gasteiger partial charge in [-0.3, -0.25) is 10.1 Å². The van der Waals surface area contributed by atoms with E-state index < -0.39 is 23.6 Å². The molecular formula is C17H22N4O5. The molecule has 9 nitrogen and oxygen atoms in total. The van der Waals surface area contributed by atoms with Gasteiger partial charge in [0.05, 0.1) is 12.1 Å². The number of ether oxygens (including phenoxy) is 3. The van der Waals surface area contributed by atoms with E-state index in [2.05, 4.69) is 15.2 Å². The number of carbonyl (C=O) groups excluding carboxylic acids is 2. The van der Waals surface area contributed by atoms with Crippen LogP contribution in [-0.4, -0.2) is 37.5 Å². The first-order valence-electron chi connectivity index (χ1n) is 7.60. The number of nitrogens with zero attached hydrogens (tertiary/aromatic N) is 2. The zero-order valence-corrected chi connectivity index (χ0v) is 15.4. The first-order valence-corrected chi connectivity index (χ1v) is 7.60. The Morgan fingerprint density at radius 1 is 1.35 bits per heavy atom. The van der Waals surface area contributed by atoms with Crippen molar-refractivity contribution in [2.24, 2.45) is 10.7 Å². The molecule has 0 saturated heterocycles. The predicted octanol–water partition coefficient (Wildman–Crippen LogP) is 2.51. The number of hydrogen-bond acceptors (Lipinski definition) is 5. The molecule has 140 valence electrons. The summed E-state index contributed by atoms with van der Waals surface area (Å²) >= 11 is 0. The summed E-state index contributed by atoms with van der Waals surface area (Å²) in [5, 5.41) is 2.29. The molecule has 3 N–H and O–H groups in total. The van der Waals surface area contributed by atoms with Gasteiger partial charge in [0, 0.05) is 7.11 Å². The van der Waals surface area contributed by atoms with E-state index >= 15 is 0 Å². The van der Waals surface area contributed by atoms with Gasteiger partial charge in [0.1, 0.15) is 11.4 Å². The Hall–Kier alpha value is -3.12. The molecule has 26 heavy (non-hydrogen) atoms. The van der Waals surface area contributed by atoms with Crippen molar-refractivity contribution < 1.29 is 23.8 Å². The first-order chi connectivity index (χ1) is 12.1.